The monoisotopic (exact) mass is 495 g/mol. The molecule has 37 heavy (non-hydrogen) atoms. The Bertz CT molecular complexity index is 1280. The summed E-state index contributed by atoms with van der Waals surface area (Å²) >= 11 is 0. The molecule has 6 heteroatoms. The van der Waals surface area contributed by atoms with Crippen molar-refractivity contribution in [1.29, 1.82) is 0 Å². The lowest BCUT2D eigenvalue weighted by molar-refractivity contribution is -0.132. The third-order valence-electron chi connectivity index (χ3n) is 6.85. The van der Waals surface area contributed by atoms with Gasteiger partial charge in [-0.25, -0.2) is 0 Å². The molecule has 1 unspecified atom stereocenters. The number of pyridine rings is 1. The Kier molecular flexibility index (Phi) is 7.96. The van der Waals surface area contributed by atoms with Crippen LogP contribution in [0, 0.1) is 0 Å². The molecule has 0 saturated carbocycles. The Morgan fingerprint density at radius 3 is 2.70 bits per heavy atom. The predicted octanol–water partition coefficient (Wildman–Crippen LogP) is 5.29. The highest BCUT2D eigenvalue weighted by Gasteiger charge is 2.26. The van der Waals surface area contributed by atoms with Gasteiger partial charge in [0, 0.05) is 49.9 Å². The second-order valence-corrected chi connectivity index (χ2v) is 9.60. The van der Waals surface area contributed by atoms with E-state index in [-0.39, 0.29) is 11.8 Å². The van der Waals surface area contributed by atoms with E-state index in [1.54, 1.807) is 6.26 Å². The van der Waals surface area contributed by atoms with Crippen LogP contribution in [0.2, 0.25) is 0 Å². The van der Waals surface area contributed by atoms with Crippen LogP contribution in [0.3, 0.4) is 0 Å². The number of furan rings is 1. The summed E-state index contributed by atoms with van der Waals surface area (Å²) in [4.78, 5) is 22.2. The number of fused-ring (bicyclic) bond motifs is 1. The fourth-order valence-corrected chi connectivity index (χ4v) is 4.86. The summed E-state index contributed by atoms with van der Waals surface area (Å²) < 4.78 is 11.7. The van der Waals surface area contributed by atoms with E-state index in [1.807, 2.05) is 59.6 Å². The molecule has 6 nitrogen and oxygen atoms in total. The topological polar surface area (TPSA) is 58.8 Å². The predicted molar refractivity (Wildman–Crippen MR) is 143 cm³/mol. The summed E-state index contributed by atoms with van der Waals surface area (Å²) in [6, 6.07) is 26.3. The molecule has 1 aliphatic rings. The summed E-state index contributed by atoms with van der Waals surface area (Å²) in [7, 11) is 2.12. The second-order valence-electron chi connectivity index (χ2n) is 9.60. The summed E-state index contributed by atoms with van der Waals surface area (Å²) in [5, 5.41) is 0. The van der Waals surface area contributed by atoms with Crippen LogP contribution in [-0.2, 0) is 24.3 Å². The Morgan fingerprint density at radius 2 is 1.92 bits per heavy atom. The van der Waals surface area contributed by atoms with E-state index < -0.39 is 0 Å². The maximum Gasteiger partial charge on any atom is 0.224 e. The van der Waals surface area contributed by atoms with Crippen LogP contribution >= 0.6 is 0 Å². The minimum atomic E-state index is -0.119. The molecule has 190 valence electrons. The summed E-state index contributed by atoms with van der Waals surface area (Å²) in [6.45, 7) is 3.33. The average Bonchev–Trinajstić information content (AvgIpc) is 3.38. The van der Waals surface area contributed by atoms with Gasteiger partial charge in [-0.05, 0) is 54.6 Å². The highest BCUT2D eigenvalue weighted by atomic mass is 16.5. The fourth-order valence-electron chi connectivity index (χ4n) is 4.86. The van der Waals surface area contributed by atoms with Gasteiger partial charge in [-0.3, -0.25) is 9.78 Å². The van der Waals surface area contributed by atoms with E-state index in [0.717, 1.165) is 47.8 Å². The van der Waals surface area contributed by atoms with Gasteiger partial charge in [-0.1, -0.05) is 42.5 Å². The van der Waals surface area contributed by atoms with Gasteiger partial charge in [0.1, 0.15) is 18.1 Å². The van der Waals surface area contributed by atoms with Gasteiger partial charge in [0.05, 0.1) is 18.7 Å². The first-order chi connectivity index (χ1) is 18.2. The number of rotatable bonds is 9. The van der Waals surface area contributed by atoms with Crippen molar-refractivity contribution >= 4 is 5.91 Å². The lowest BCUT2D eigenvalue weighted by Gasteiger charge is -2.23. The number of carbonyl (C=O) groups excluding carboxylic acids is 1. The van der Waals surface area contributed by atoms with Gasteiger partial charge in [0.25, 0.3) is 0 Å². The zero-order valence-corrected chi connectivity index (χ0v) is 21.3. The average molecular weight is 496 g/mol. The molecule has 2 aromatic heterocycles. The van der Waals surface area contributed by atoms with E-state index in [9.17, 15) is 4.79 Å². The number of benzene rings is 2. The molecule has 0 spiro atoms. The molecule has 0 fully saturated rings. The molecular weight excluding hydrogens is 462 g/mol. The number of likely N-dealkylation sites (N-methyl/N-ethyl adjacent to an activating group) is 1. The van der Waals surface area contributed by atoms with Gasteiger partial charge in [0.15, 0.2) is 0 Å². The molecule has 0 aliphatic carbocycles. The lowest BCUT2D eigenvalue weighted by Crippen LogP contribution is -2.33. The zero-order chi connectivity index (χ0) is 25.5. The van der Waals surface area contributed by atoms with Crippen LogP contribution in [0.5, 0.6) is 5.75 Å². The maximum atomic E-state index is 13.5. The Balaban J connectivity index is 1.25. The van der Waals surface area contributed by atoms with Crippen molar-refractivity contribution in [3.63, 3.8) is 0 Å². The number of nitrogens with zero attached hydrogens (tertiary/aromatic N) is 3. The molecule has 1 atom stereocenters. The number of aromatic nitrogens is 1. The molecule has 2 aromatic carbocycles. The van der Waals surface area contributed by atoms with E-state index in [2.05, 4.69) is 47.3 Å². The molecule has 0 bridgehead atoms. The number of carbonyl (C=O) groups is 1. The first kappa shape index (κ1) is 24.8. The Labute approximate surface area is 218 Å². The third kappa shape index (κ3) is 6.46. The quantitative estimate of drug-likeness (QED) is 0.316. The van der Waals surface area contributed by atoms with Gasteiger partial charge in [-0.15, -0.1) is 0 Å². The number of ether oxygens (including phenoxy) is 1. The number of hydrogen-bond acceptors (Lipinski definition) is 5. The fraction of sp³-hybridized carbons (Fsp3) is 0.290. The van der Waals surface area contributed by atoms with Crippen molar-refractivity contribution in [3.8, 4) is 5.75 Å². The van der Waals surface area contributed by atoms with Gasteiger partial charge < -0.3 is 19.0 Å². The maximum absolute atomic E-state index is 13.5. The van der Waals surface area contributed by atoms with Crippen LogP contribution in [0.15, 0.2) is 95.7 Å². The molecular formula is C31H33N3O3. The highest BCUT2D eigenvalue weighted by Crippen LogP contribution is 2.31. The summed E-state index contributed by atoms with van der Waals surface area (Å²) in [5.41, 5.74) is 4.43. The molecule has 1 amide bonds. The van der Waals surface area contributed by atoms with Crippen molar-refractivity contribution < 1.29 is 13.9 Å². The summed E-state index contributed by atoms with van der Waals surface area (Å²) in [6.07, 6.45) is 4.76. The molecule has 0 radical (unpaired) electrons. The number of amides is 1. The van der Waals surface area contributed by atoms with E-state index in [0.29, 0.717) is 26.1 Å². The molecule has 5 rings (SSSR count). The standard InChI is InChI=1S/C31H33N3O3/c1-33(16-14-27-10-5-6-15-32-27)22-24-12-13-29-26(20-24)23-34(17-19-37-29)31(35)21-28(30-11-7-18-36-30)25-8-3-2-4-9-25/h2-13,15,18,20,28H,14,16-17,19,21-23H2,1H3. The first-order valence-electron chi connectivity index (χ1n) is 12.8. The lowest BCUT2D eigenvalue weighted by atomic mass is 9.92. The van der Waals surface area contributed by atoms with E-state index in [1.165, 1.54) is 5.56 Å². The van der Waals surface area contributed by atoms with Gasteiger partial charge in [0.2, 0.25) is 5.91 Å². The summed E-state index contributed by atoms with van der Waals surface area (Å²) in [5.74, 6) is 1.65. The highest BCUT2D eigenvalue weighted by molar-refractivity contribution is 5.78. The van der Waals surface area contributed by atoms with Crippen LogP contribution in [0.25, 0.3) is 0 Å². The Morgan fingerprint density at radius 1 is 1.05 bits per heavy atom. The largest absolute Gasteiger partial charge is 0.491 e. The van der Waals surface area contributed by atoms with E-state index in [4.69, 9.17) is 9.15 Å². The van der Waals surface area contributed by atoms with Crippen LogP contribution in [0.4, 0.5) is 0 Å². The first-order valence-corrected chi connectivity index (χ1v) is 12.8. The zero-order valence-electron chi connectivity index (χ0n) is 21.3. The second kappa shape index (κ2) is 11.9. The molecule has 3 heterocycles. The SMILES string of the molecule is CN(CCc1ccccn1)Cc1ccc2c(c1)CN(C(=O)CC(c1ccccc1)c1ccco1)CCO2. The number of hydrogen-bond donors (Lipinski definition) is 0. The smallest absolute Gasteiger partial charge is 0.224 e. The molecule has 0 N–H and O–H groups in total. The van der Waals surface area contributed by atoms with Crippen molar-refractivity contribution in [1.82, 2.24) is 14.8 Å². The Hall–Kier alpha value is -3.90. The third-order valence-corrected chi connectivity index (χ3v) is 6.85. The van der Waals surface area contributed by atoms with Crippen LogP contribution in [-0.4, -0.2) is 47.4 Å². The molecule has 4 aromatic rings. The van der Waals surface area contributed by atoms with Crippen LogP contribution < -0.4 is 4.74 Å². The van der Waals surface area contributed by atoms with Crippen LogP contribution in [0.1, 0.15) is 40.5 Å². The van der Waals surface area contributed by atoms with Crippen molar-refractivity contribution in [3.05, 3.63) is 119 Å². The van der Waals surface area contributed by atoms with Crippen molar-refractivity contribution in [2.45, 2.75) is 31.8 Å². The minimum absolute atomic E-state index is 0.0968. The molecule has 0 saturated heterocycles. The van der Waals surface area contributed by atoms with E-state index >= 15 is 0 Å². The van der Waals surface area contributed by atoms with Gasteiger partial charge >= 0.3 is 0 Å². The minimum Gasteiger partial charge on any atom is -0.491 e. The van der Waals surface area contributed by atoms with Crippen molar-refractivity contribution in [2.24, 2.45) is 0 Å². The van der Waals surface area contributed by atoms with Crippen molar-refractivity contribution in [2.75, 3.05) is 26.7 Å². The van der Waals surface area contributed by atoms with Gasteiger partial charge in [-0.2, -0.15) is 0 Å². The normalized spacial score (nSPS) is 14.1. The molecule has 1 aliphatic heterocycles.